The van der Waals surface area contributed by atoms with Crippen LogP contribution in [-0.2, 0) is 19.1 Å². The van der Waals surface area contributed by atoms with Crippen molar-refractivity contribution in [3.05, 3.63) is 59.7 Å². The zero-order valence-corrected chi connectivity index (χ0v) is 19.8. The van der Waals surface area contributed by atoms with Gasteiger partial charge in [0, 0.05) is 38.3 Å². The van der Waals surface area contributed by atoms with Crippen LogP contribution < -0.4 is 5.32 Å². The van der Waals surface area contributed by atoms with Crippen molar-refractivity contribution in [3.8, 4) is 11.1 Å². The Labute approximate surface area is 202 Å². The Morgan fingerprint density at radius 3 is 2.35 bits per heavy atom. The fourth-order valence-electron chi connectivity index (χ4n) is 4.60. The Balaban J connectivity index is 1.19. The van der Waals surface area contributed by atoms with Crippen LogP contribution in [0.25, 0.3) is 11.1 Å². The highest BCUT2D eigenvalue weighted by atomic mass is 32.2. The minimum Gasteiger partial charge on any atom is -0.480 e. The maximum absolute atomic E-state index is 12.4. The van der Waals surface area contributed by atoms with Crippen molar-refractivity contribution < 1.29 is 29.0 Å². The van der Waals surface area contributed by atoms with Gasteiger partial charge >= 0.3 is 12.1 Å². The van der Waals surface area contributed by atoms with Gasteiger partial charge in [0.05, 0.1) is 11.9 Å². The first-order valence-electron chi connectivity index (χ1n) is 11.2. The molecule has 2 atom stereocenters. The van der Waals surface area contributed by atoms with E-state index in [1.54, 1.807) is 0 Å². The van der Waals surface area contributed by atoms with Gasteiger partial charge in [0.15, 0.2) is 0 Å². The van der Waals surface area contributed by atoms with Crippen molar-refractivity contribution in [2.45, 2.75) is 24.5 Å². The molecule has 180 valence electrons. The Bertz CT molecular complexity index is 1020. The molecule has 0 saturated carbocycles. The van der Waals surface area contributed by atoms with Gasteiger partial charge in [0.25, 0.3) is 0 Å². The fraction of sp³-hybridized carbons (Fsp3) is 0.400. The molecule has 2 aliphatic rings. The molecule has 0 aromatic heterocycles. The topological polar surface area (TPSA) is 105 Å². The molecular weight excluding hydrogens is 456 g/mol. The van der Waals surface area contributed by atoms with E-state index in [1.165, 1.54) is 34.9 Å². The van der Waals surface area contributed by atoms with E-state index in [9.17, 15) is 19.5 Å². The van der Waals surface area contributed by atoms with Crippen molar-refractivity contribution in [3.63, 3.8) is 0 Å². The van der Waals surface area contributed by atoms with Crippen LogP contribution in [0.5, 0.6) is 0 Å². The highest BCUT2D eigenvalue weighted by Crippen LogP contribution is 2.44. The molecule has 0 spiro atoms. The van der Waals surface area contributed by atoms with Crippen LogP contribution in [-0.4, -0.2) is 78.4 Å². The van der Waals surface area contributed by atoms with E-state index < -0.39 is 18.1 Å². The number of nitrogens with one attached hydrogen (secondary N) is 1. The zero-order chi connectivity index (χ0) is 24.1. The molecule has 2 unspecified atom stereocenters. The van der Waals surface area contributed by atoms with E-state index in [2.05, 4.69) is 29.6 Å². The first kappa shape index (κ1) is 24.1. The summed E-state index contributed by atoms with van der Waals surface area (Å²) in [5, 5.41) is 12.1. The summed E-state index contributed by atoms with van der Waals surface area (Å²) in [5.41, 5.74) is 4.66. The number of methoxy groups -OCH3 is 1. The summed E-state index contributed by atoms with van der Waals surface area (Å²) in [6.07, 6.45) is -0.460. The number of hydrogen-bond acceptors (Lipinski definition) is 6. The zero-order valence-electron chi connectivity index (χ0n) is 18.9. The molecule has 2 N–H and O–H groups in total. The number of carboxylic acids is 1. The van der Waals surface area contributed by atoms with Crippen LogP contribution >= 0.6 is 11.8 Å². The third kappa shape index (κ3) is 5.20. The summed E-state index contributed by atoms with van der Waals surface area (Å²) in [4.78, 5) is 37.4. The number of alkyl carbamates (subject to hydrolysis) is 1. The number of carbonyl (C=O) groups is 3. The molecular formula is C25H28N2O6S. The Morgan fingerprint density at radius 1 is 1.09 bits per heavy atom. The number of amides is 2. The van der Waals surface area contributed by atoms with E-state index in [-0.39, 0.29) is 36.8 Å². The molecule has 1 saturated heterocycles. The van der Waals surface area contributed by atoms with Crippen molar-refractivity contribution in [2.24, 2.45) is 0 Å². The lowest BCUT2D eigenvalue weighted by molar-refractivity contribution is -0.147. The number of carboxylic acid groups (broad SMARTS) is 1. The van der Waals surface area contributed by atoms with E-state index in [0.29, 0.717) is 18.7 Å². The summed E-state index contributed by atoms with van der Waals surface area (Å²) < 4.78 is 10.7. The van der Waals surface area contributed by atoms with Gasteiger partial charge in [-0.3, -0.25) is 4.79 Å². The lowest BCUT2D eigenvalue weighted by atomic mass is 9.98. The lowest BCUT2D eigenvalue weighted by Gasteiger charge is -2.21. The average molecular weight is 485 g/mol. The van der Waals surface area contributed by atoms with Gasteiger partial charge in [-0.2, -0.15) is 11.8 Å². The highest BCUT2D eigenvalue weighted by Gasteiger charge is 2.39. The number of rotatable bonds is 9. The molecule has 2 amide bonds. The monoisotopic (exact) mass is 484 g/mol. The summed E-state index contributed by atoms with van der Waals surface area (Å²) in [6.45, 7) is 0.875. The second-order valence-corrected chi connectivity index (χ2v) is 9.40. The van der Waals surface area contributed by atoms with Crippen molar-refractivity contribution >= 4 is 29.7 Å². The van der Waals surface area contributed by atoms with Gasteiger partial charge < -0.3 is 24.8 Å². The molecule has 8 nitrogen and oxygen atoms in total. The predicted molar refractivity (Wildman–Crippen MR) is 129 cm³/mol. The summed E-state index contributed by atoms with van der Waals surface area (Å²) >= 11 is 1.34. The molecule has 0 bridgehead atoms. The minimum atomic E-state index is -1.02. The molecule has 4 rings (SSSR count). The van der Waals surface area contributed by atoms with Crippen LogP contribution in [0.3, 0.4) is 0 Å². The number of aliphatic carboxylic acids is 1. The largest absolute Gasteiger partial charge is 0.480 e. The SMILES string of the molecule is COC1CC(C(=O)O)N(C(=O)CSCCNC(=O)OCC2c3ccccc3-c3ccccc32)C1. The lowest BCUT2D eigenvalue weighted by Crippen LogP contribution is -2.41. The second kappa shape index (κ2) is 10.9. The highest BCUT2D eigenvalue weighted by molar-refractivity contribution is 7.99. The molecule has 2 aromatic carbocycles. The van der Waals surface area contributed by atoms with Crippen LogP contribution in [0.1, 0.15) is 23.5 Å². The summed E-state index contributed by atoms with van der Waals surface area (Å²) in [5.74, 6) is -0.599. The van der Waals surface area contributed by atoms with Crippen molar-refractivity contribution in [1.29, 1.82) is 0 Å². The third-order valence-corrected chi connectivity index (χ3v) is 7.23. The minimum absolute atomic E-state index is 0.00344. The van der Waals surface area contributed by atoms with Crippen LogP contribution in [0, 0.1) is 0 Å². The van der Waals surface area contributed by atoms with Crippen molar-refractivity contribution in [1.82, 2.24) is 10.2 Å². The Morgan fingerprint density at radius 2 is 1.74 bits per heavy atom. The molecule has 2 aromatic rings. The Hall–Kier alpha value is -3.04. The molecule has 9 heteroatoms. The number of hydrogen-bond donors (Lipinski definition) is 2. The number of likely N-dealkylation sites (tertiary alicyclic amines) is 1. The van der Waals surface area contributed by atoms with E-state index in [4.69, 9.17) is 9.47 Å². The van der Waals surface area contributed by atoms with Crippen LogP contribution in [0.15, 0.2) is 48.5 Å². The number of ether oxygens (including phenoxy) is 2. The number of nitrogens with zero attached hydrogens (tertiary/aromatic N) is 1. The summed E-state index contributed by atoms with van der Waals surface area (Å²) in [6, 6.07) is 15.5. The summed E-state index contributed by atoms with van der Waals surface area (Å²) in [7, 11) is 1.52. The van der Waals surface area contributed by atoms with Gasteiger partial charge in [-0.05, 0) is 22.3 Å². The molecule has 1 heterocycles. The van der Waals surface area contributed by atoms with E-state index >= 15 is 0 Å². The standard InChI is InChI=1S/C25H28N2O6S/c1-32-16-12-22(24(29)30)27(13-16)23(28)15-34-11-10-26-25(31)33-14-21-19-8-4-2-6-17(19)18-7-3-5-9-20(18)21/h2-9,16,21-22H,10-15H2,1H3,(H,26,31)(H,29,30). The molecule has 34 heavy (non-hydrogen) atoms. The first-order valence-corrected chi connectivity index (χ1v) is 12.4. The van der Waals surface area contributed by atoms with E-state index in [0.717, 1.165) is 11.1 Å². The maximum atomic E-state index is 12.4. The van der Waals surface area contributed by atoms with Gasteiger partial charge in [0.2, 0.25) is 5.91 Å². The first-order chi connectivity index (χ1) is 16.5. The third-order valence-electron chi connectivity index (χ3n) is 6.29. The smallest absolute Gasteiger partial charge is 0.407 e. The molecule has 1 aliphatic carbocycles. The van der Waals surface area contributed by atoms with Crippen molar-refractivity contribution in [2.75, 3.05) is 38.3 Å². The fourth-order valence-corrected chi connectivity index (χ4v) is 5.33. The quantitative estimate of drug-likeness (QED) is 0.527. The number of fused-ring (bicyclic) bond motifs is 3. The van der Waals surface area contributed by atoms with E-state index in [1.807, 2.05) is 24.3 Å². The average Bonchev–Trinajstić information content (AvgIpc) is 3.42. The molecule has 1 fully saturated rings. The molecule has 1 aliphatic heterocycles. The second-order valence-electron chi connectivity index (χ2n) is 8.30. The predicted octanol–water partition coefficient (Wildman–Crippen LogP) is 2.96. The van der Waals surface area contributed by atoms with Gasteiger partial charge in [-0.1, -0.05) is 48.5 Å². The molecule has 0 radical (unpaired) electrons. The van der Waals surface area contributed by atoms with Crippen LogP contribution in [0.4, 0.5) is 4.79 Å². The van der Waals surface area contributed by atoms with Gasteiger partial charge in [-0.15, -0.1) is 0 Å². The number of carbonyl (C=O) groups excluding carboxylic acids is 2. The maximum Gasteiger partial charge on any atom is 0.407 e. The van der Waals surface area contributed by atoms with Gasteiger partial charge in [-0.25, -0.2) is 9.59 Å². The van der Waals surface area contributed by atoms with Crippen LogP contribution in [0.2, 0.25) is 0 Å². The van der Waals surface area contributed by atoms with Gasteiger partial charge in [0.1, 0.15) is 12.6 Å². The Kier molecular flexibility index (Phi) is 7.74. The number of thioether (sulfide) groups is 1. The normalized spacial score (nSPS) is 18.9. The number of benzene rings is 2.